The lowest BCUT2D eigenvalue weighted by Crippen LogP contribution is -2.47. The zero-order valence-electron chi connectivity index (χ0n) is 23.2. The first-order valence-corrected chi connectivity index (χ1v) is 14.4. The van der Waals surface area contributed by atoms with Crippen molar-refractivity contribution in [1.29, 1.82) is 5.26 Å². The third-order valence-electron chi connectivity index (χ3n) is 9.03. The second kappa shape index (κ2) is 11.7. The lowest BCUT2D eigenvalue weighted by molar-refractivity contribution is -0.384. The Hall–Kier alpha value is -3.34. The predicted octanol–water partition coefficient (Wildman–Crippen LogP) is 5.38. The molecular weight excluding hydrogens is 572 g/mol. The monoisotopic (exact) mass is 604 g/mol. The van der Waals surface area contributed by atoms with Crippen molar-refractivity contribution in [2.75, 3.05) is 51.6 Å². The van der Waals surface area contributed by atoms with Gasteiger partial charge < -0.3 is 20.0 Å². The normalized spacial score (nSPS) is 24.1. The largest absolute Gasteiger partial charge is 0.419 e. The summed E-state index contributed by atoms with van der Waals surface area (Å²) < 4.78 is 54.6. The van der Waals surface area contributed by atoms with Gasteiger partial charge in [0.15, 0.2) is 5.11 Å². The van der Waals surface area contributed by atoms with Crippen molar-refractivity contribution in [3.63, 3.8) is 0 Å². The number of alkyl halides is 3. The first-order chi connectivity index (χ1) is 19.9. The van der Waals surface area contributed by atoms with Gasteiger partial charge in [-0.05, 0) is 81.2 Å². The predicted molar refractivity (Wildman–Crippen MR) is 154 cm³/mol. The summed E-state index contributed by atoms with van der Waals surface area (Å²) in [6.07, 6.45) is -1.69. The van der Waals surface area contributed by atoms with Crippen molar-refractivity contribution in [2.24, 2.45) is 5.92 Å². The number of anilines is 1. The molecule has 0 aromatic heterocycles. The Morgan fingerprint density at radius 3 is 2.52 bits per heavy atom. The Bertz CT molecular complexity index is 1390. The maximum Gasteiger partial charge on any atom is 0.419 e. The standard InChI is InChI=1S/C29H32F4N6O2S/c1-36-11-13-37(14-12-36)9-2-10-38(25-7-8-28(17-22(25)28)20-5-3-19(18-34)4-6-20)27(42)35-24-15-21(29(31,32)33)23(30)16-26(24)39(40)41/h3-6,15-16,22,25H,2,7-14,17H2,1H3,(H,35,42)/t22?,25?,28-/m1/s1. The van der Waals surface area contributed by atoms with Crippen LogP contribution in [0.3, 0.4) is 0 Å². The molecular formula is C29H32F4N6O2S. The van der Waals surface area contributed by atoms with Gasteiger partial charge in [-0.2, -0.15) is 18.4 Å². The summed E-state index contributed by atoms with van der Waals surface area (Å²) in [5, 5.41) is 23.6. The maximum absolute atomic E-state index is 14.2. The molecule has 2 aromatic carbocycles. The number of likely N-dealkylation sites (N-methyl/N-ethyl adjacent to an activating group) is 1. The highest BCUT2D eigenvalue weighted by Gasteiger charge is 2.63. The Kier molecular flexibility index (Phi) is 8.42. The molecule has 2 aliphatic carbocycles. The van der Waals surface area contributed by atoms with Crippen LogP contribution in [0.1, 0.15) is 42.4 Å². The van der Waals surface area contributed by atoms with Gasteiger partial charge in [0.25, 0.3) is 5.69 Å². The van der Waals surface area contributed by atoms with E-state index in [-0.39, 0.29) is 28.6 Å². The molecule has 1 N–H and O–H groups in total. The number of nitrogens with zero attached hydrogens (tertiary/aromatic N) is 5. The van der Waals surface area contributed by atoms with Gasteiger partial charge in [0.2, 0.25) is 0 Å². The summed E-state index contributed by atoms with van der Waals surface area (Å²) in [7, 11) is 2.08. The molecule has 224 valence electrons. The van der Waals surface area contributed by atoms with Gasteiger partial charge >= 0.3 is 6.18 Å². The number of hydrogen-bond donors (Lipinski definition) is 1. The molecule has 1 saturated heterocycles. The molecule has 1 aliphatic heterocycles. The minimum Gasteiger partial charge on any atom is -0.346 e. The van der Waals surface area contributed by atoms with E-state index in [0.29, 0.717) is 18.2 Å². The van der Waals surface area contributed by atoms with Gasteiger partial charge in [-0.3, -0.25) is 10.1 Å². The number of nitriles is 1. The number of rotatable bonds is 8. The van der Waals surface area contributed by atoms with Crippen LogP contribution in [0.25, 0.3) is 0 Å². The summed E-state index contributed by atoms with van der Waals surface area (Å²) in [4.78, 5) is 17.3. The Balaban J connectivity index is 1.38. The van der Waals surface area contributed by atoms with Crippen LogP contribution < -0.4 is 5.32 Å². The van der Waals surface area contributed by atoms with Crippen molar-refractivity contribution >= 4 is 28.7 Å². The third kappa shape index (κ3) is 6.07. The van der Waals surface area contributed by atoms with Crippen LogP contribution in [0.5, 0.6) is 0 Å². The smallest absolute Gasteiger partial charge is 0.346 e. The molecule has 8 nitrogen and oxygen atoms in total. The Morgan fingerprint density at radius 1 is 1.24 bits per heavy atom. The van der Waals surface area contributed by atoms with E-state index in [4.69, 9.17) is 12.2 Å². The van der Waals surface area contributed by atoms with Crippen molar-refractivity contribution < 1.29 is 22.5 Å². The first-order valence-electron chi connectivity index (χ1n) is 14.0. The molecule has 2 unspecified atom stereocenters. The minimum atomic E-state index is -5.03. The van der Waals surface area contributed by atoms with E-state index < -0.39 is 33.9 Å². The molecule has 0 bridgehead atoms. The average Bonchev–Trinajstić information content (AvgIpc) is 3.58. The summed E-state index contributed by atoms with van der Waals surface area (Å²) in [6.45, 7) is 5.16. The van der Waals surface area contributed by atoms with E-state index in [9.17, 15) is 32.9 Å². The molecule has 42 heavy (non-hydrogen) atoms. The minimum absolute atomic E-state index is 0.0188. The summed E-state index contributed by atoms with van der Waals surface area (Å²) in [6, 6.07) is 10.4. The van der Waals surface area contributed by atoms with E-state index >= 15 is 0 Å². The van der Waals surface area contributed by atoms with Gasteiger partial charge in [0.1, 0.15) is 11.5 Å². The number of nitrogens with one attached hydrogen (secondary N) is 1. The van der Waals surface area contributed by atoms with Crippen molar-refractivity contribution in [1.82, 2.24) is 14.7 Å². The lowest BCUT2D eigenvalue weighted by Gasteiger charge is -2.35. The highest BCUT2D eigenvalue weighted by Crippen LogP contribution is 2.65. The van der Waals surface area contributed by atoms with Gasteiger partial charge in [-0.15, -0.1) is 0 Å². The fourth-order valence-electron chi connectivity index (χ4n) is 6.63. The van der Waals surface area contributed by atoms with E-state index in [1.54, 1.807) is 12.1 Å². The molecule has 0 radical (unpaired) electrons. The second-order valence-electron chi connectivity index (χ2n) is 11.5. The Labute approximate surface area is 247 Å². The van der Waals surface area contributed by atoms with E-state index in [2.05, 4.69) is 28.2 Å². The van der Waals surface area contributed by atoms with Gasteiger partial charge in [0.05, 0.1) is 28.2 Å². The maximum atomic E-state index is 14.2. The molecule has 3 fully saturated rings. The highest BCUT2D eigenvalue weighted by molar-refractivity contribution is 7.80. The molecule has 2 aromatic rings. The second-order valence-corrected chi connectivity index (χ2v) is 11.9. The number of thiocarbonyl (C=S) groups is 1. The van der Waals surface area contributed by atoms with Crippen molar-refractivity contribution in [2.45, 2.75) is 43.3 Å². The van der Waals surface area contributed by atoms with Crippen LogP contribution in [0, 0.1) is 33.2 Å². The van der Waals surface area contributed by atoms with Crippen LogP contribution in [0.2, 0.25) is 0 Å². The van der Waals surface area contributed by atoms with Crippen LogP contribution in [0.4, 0.5) is 28.9 Å². The molecule has 13 heteroatoms. The van der Waals surface area contributed by atoms with Crippen molar-refractivity contribution in [3.05, 3.63) is 69.0 Å². The number of benzene rings is 2. The van der Waals surface area contributed by atoms with E-state index in [0.717, 1.165) is 64.0 Å². The summed E-state index contributed by atoms with van der Waals surface area (Å²) in [5.74, 6) is -1.47. The number of nitro groups is 1. The SMILES string of the molecule is CN1CCN(CCCN(C(=S)Nc2cc(C(F)(F)F)c(F)cc2[N+](=O)[O-])C2CC[C@]3(c4ccc(C#N)cc4)CC23)CC1. The third-order valence-corrected chi connectivity index (χ3v) is 9.37. The fraction of sp³-hybridized carbons (Fsp3) is 0.517. The van der Waals surface area contributed by atoms with Gasteiger partial charge in [-0.1, -0.05) is 12.1 Å². The molecule has 3 aliphatic rings. The lowest BCUT2D eigenvalue weighted by atomic mass is 9.93. The average molecular weight is 605 g/mol. The van der Waals surface area contributed by atoms with Gasteiger partial charge in [-0.25, -0.2) is 4.39 Å². The number of nitro benzene ring substituents is 1. The quantitative estimate of drug-likeness (QED) is 0.186. The summed E-state index contributed by atoms with van der Waals surface area (Å²) >= 11 is 5.71. The fourth-order valence-corrected chi connectivity index (χ4v) is 6.97. The summed E-state index contributed by atoms with van der Waals surface area (Å²) in [5.41, 5.74) is -1.23. The van der Waals surface area contributed by atoms with E-state index in [1.807, 2.05) is 17.0 Å². The number of fused-ring (bicyclic) bond motifs is 1. The zero-order valence-corrected chi connectivity index (χ0v) is 24.0. The number of piperazine rings is 1. The van der Waals surface area contributed by atoms with Crippen LogP contribution in [0.15, 0.2) is 36.4 Å². The molecule has 0 spiro atoms. The van der Waals surface area contributed by atoms with Crippen LogP contribution in [-0.2, 0) is 11.6 Å². The number of halogens is 4. The molecule has 1 heterocycles. The molecule has 2 saturated carbocycles. The topological polar surface area (TPSA) is 88.7 Å². The van der Waals surface area contributed by atoms with Crippen LogP contribution in [-0.4, -0.2) is 77.1 Å². The Morgan fingerprint density at radius 2 is 1.93 bits per heavy atom. The van der Waals surface area contributed by atoms with E-state index in [1.165, 1.54) is 0 Å². The first kappa shape index (κ1) is 30.1. The zero-order chi connectivity index (χ0) is 30.2. The van der Waals surface area contributed by atoms with Gasteiger partial charge in [0, 0.05) is 44.2 Å². The highest BCUT2D eigenvalue weighted by atomic mass is 32.1. The molecule has 5 rings (SSSR count). The molecule has 3 atom stereocenters. The van der Waals surface area contributed by atoms with Crippen LogP contribution >= 0.6 is 12.2 Å². The molecule has 0 amide bonds. The number of hydrogen-bond acceptors (Lipinski definition) is 6. The van der Waals surface area contributed by atoms with Crippen molar-refractivity contribution in [3.8, 4) is 6.07 Å².